The van der Waals surface area contributed by atoms with Crippen LogP contribution >= 0.6 is 0 Å². The molecule has 4 N–H and O–H groups in total. The van der Waals surface area contributed by atoms with E-state index in [-0.39, 0.29) is 5.82 Å². The second kappa shape index (κ2) is 10.6. The molecular weight excluding hydrogens is 474 g/mol. The first-order valence-electron chi connectivity index (χ1n) is 12.4. The number of hydrogen-bond acceptors (Lipinski definition) is 8. The molecule has 0 radical (unpaired) electrons. The van der Waals surface area contributed by atoms with Gasteiger partial charge in [0.2, 0.25) is 0 Å². The minimum absolute atomic E-state index is 0.136. The van der Waals surface area contributed by atoms with Crippen molar-refractivity contribution in [1.29, 1.82) is 0 Å². The number of nitrogens with zero attached hydrogens (tertiary/aromatic N) is 5. The maximum absolute atomic E-state index is 14.1. The predicted octanol–water partition coefficient (Wildman–Crippen LogP) is 4.25. The lowest BCUT2D eigenvalue weighted by molar-refractivity contribution is 0.448. The van der Waals surface area contributed by atoms with E-state index in [9.17, 15) is 8.78 Å². The second-order valence-electron chi connectivity index (χ2n) is 9.43. The minimum atomic E-state index is -0.822. The number of fused-ring (bicyclic) bond motifs is 1. The van der Waals surface area contributed by atoms with Gasteiger partial charge in [-0.05, 0) is 62.6 Å². The molecule has 2 aliphatic rings. The average molecular weight is 505 g/mol. The summed E-state index contributed by atoms with van der Waals surface area (Å²) in [6, 6.07) is 1.13. The molecule has 3 aromatic rings. The summed E-state index contributed by atoms with van der Waals surface area (Å²) in [6.07, 6.45) is 13.8. The van der Waals surface area contributed by atoms with Crippen molar-refractivity contribution in [2.75, 3.05) is 30.4 Å². The third-order valence-corrected chi connectivity index (χ3v) is 6.71. The summed E-state index contributed by atoms with van der Waals surface area (Å²) in [7, 11) is 1.99. The van der Waals surface area contributed by atoms with Crippen LogP contribution in [0.3, 0.4) is 0 Å². The summed E-state index contributed by atoms with van der Waals surface area (Å²) in [5.74, 6) is 0.0910. The fourth-order valence-corrected chi connectivity index (χ4v) is 4.73. The van der Waals surface area contributed by atoms with Crippen molar-refractivity contribution in [1.82, 2.24) is 25.3 Å². The molecule has 1 aliphatic heterocycles. The van der Waals surface area contributed by atoms with E-state index in [0.29, 0.717) is 29.1 Å². The Labute approximate surface area is 214 Å². The molecule has 0 amide bonds. The van der Waals surface area contributed by atoms with Crippen LogP contribution in [0.25, 0.3) is 16.5 Å². The van der Waals surface area contributed by atoms with Gasteiger partial charge in [-0.25, -0.2) is 23.7 Å². The normalized spacial score (nSPS) is 18.5. The van der Waals surface area contributed by atoms with Gasteiger partial charge in [-0.2, -0.15) is 0 Å². The van der Waals surface area contributed by atoms with Crippen molar-refractivity contribution in [3.63, 3.8) is 0 Å². The summed E-state index contributed by atoms with van der Waals surface area (Å²) < 4.78 is 27.4. The molecule has 3 aromatic heterocycles. The Bertz CT molecular complexity index is 1380. The molecule has 10 heteroatoms. The number of allylic oxidation sites excluding steroid dienone is 3. The summed E-state index contributed by atoms with van der Waals surface area (Å²) in [4.78, 5) is 20.5. The Balaban J connectivity index is 1.57. The van der Waals surface area contributed by atoms with Crippen LogP contribution in [0.15, 0.2) is 55.3 Å². The number of rotatable bonds is 8. The van der Waals surface area contributed by atoms with Crippen LogP contribution in [0.5, 0.6) is 0 Å². The third kappa shape index (κ3) is 5.43. The van der Waals surface area contributed by atoms with Crippen molar-refractivity contribution in [3.8, 4) is 0 Å². The zero-order valence-corrected chi connectivity index (χ0v) is 20.7. The maximum Gasteiger partial charge on any atom is 0.168 e. The zero-order valence-electron chi connectivity index (χ0n) is 20.7. The zero-order chi connectivity index (χ0) is 25.9. The lowest BCUT2D eigenvalue weighted by atomic mass is 10.0. The molecule has 0 aromatic carbocycles. The molecule has 37 heavy (non-hydrogen) atoms. The van der Waals surface area contributed by atoms with Crippen molar-refractivity contribution in [2.45, 2.75) is 37.6 Å². The fourth-order valence-electron chi connectivity index (χ4n) is 4.73. The van der Waals surface area contributed by atoms with Crippen molar-refractivity contribution in [3.05, 3.63) is 78.3 Å². The molecule has 1 aliphatic carbocycles. The van der Waals surface area contributed by atoms with Crippen LogP contribution < -0.4 is 21.3 Å². The lowest BCUT2D eigenvalue weighted by Crippen LogP contribution is -2.45. The molecule has 1 saturated carbocycles. The molecule has 1 unspecified atom stereocenters. The Kier molecular flexibility index (Phi) is 7.09. The molecule has 4 heterocycles. The highest BCUT2D eigenvalue weighted by molar-refractivity contribution is 5.94. The number of nitrogens with one attached hydrogen (secondary N) is 2. The van der Waals surface area contributed by atoms with E-state index in [4.69, 9.17) is 15.7 Å². The average Bonchev–Trinajstić information content (AvgIpc) is 3.75. The van der Waals surface area contributed by atoms with Crippen LogP contribution in [0.1, 0.15) is 43.0 Å². The molecule has 1 saturated heterocycles. The molecule has 2 fully saturated rings. The van der Waals surface area contributed by atoms with E-state index in [0.717, 1.165) is 67.8 Å². The molecule has 192 valence electrons. The lowest BCUT2D eigenvalue weighted by Gasteiger charge is -2.34. The van der Waals surface area contributed by atoms with E-state index in [1.165, 1.54) is 11.8 Å². The number of hydrogen-bond donors (Lipinski definition) is 3. The van der Waals surface area contributed by atoms with Crippen molar-refractivity contribution < 1.29 is 8.78 Å². The quantitative estimate of drug-likeness (QED) is 0.391. The first-order chi connectivity index (χ1) is 18.0. The van der Waals surface area contributed by atoms with E-state index in [2.05, 4.69) is 32.1 Å². The Morgan fingerprint density at radius 3 is 2.76 bits per heavy atom. The predicted molar refractivity (Wildman–Crippen MR) is 142 cm³/mol. The number of aromatic nitrogens is 4. The number of piperidine rings is 1. The highest BCUT2D eigenvalue weighted by Gasteiger charge is 2.30. The molecular formula is C27H30F2N8. The molecule has 8 nitrogen and oxygen atoms in total. The van der Waals surface area contributed by atoms with Gasteiger partial charge in [-0.15, -0.1) is 0 Å². The van der Waals surface area contributed by atoms with E-state index < -0.39 is 11.6 Å². The largest absolute Gasteiger partial charge is 0.405 e. The van der Waals surface area contributed by atoms with Crippen molar-refractivity contribution in [2.24, 2.45) is 5.73 Å². The number of nitrogens with two attached hydrogens (primary N) is 1. The van der Waals surface area contributed by atoms with Gasteiger partial charge in [0.05, 0.1) is 17.9 Å². The van der Waals surface area contributed by atoms with Crippen LogP contribution in [0.4, 0.5) is 20.4 Å². The van der Waals surface area contributed by atoms with Crippen LogP contribution in [-0.2, 0) is 0 Å². The standard InChI is InChI=1S/C27H30F2N8/c1-16(34-26-22(29)11-19(28)12-33-26)10-18(7-8-30)25-35-23-14-32-13-21(17-5-6-17)24(23)27(36-25)37-9-3-4-20(15-37)31-2/h7-8,10-14,17,20,31H,1,3-6,9,15,30H2,2H3,(H,33,34)/b8-7-,18-10+. The highest BCUT2D eigenvalue weighted by Crippen LogP contribution is 2.45. The summed E-state index contributed by atoms with van der Waals surface area (Å²) in [5.41, 5.74) is 8.60. The number of pyridine rings is 2. The van der Waals surface area contributed by atoms with Gasteiger partial charge < -0.3 is 21.3 Å². The van der Waals surface area contributed by atoms with Crippen LogP contribution in [0, 0.1) is 11.6 Å². The van der Waals surface area contributed by atoms with Gasteiger partial charge in [-0.3, -0.25) is 4.98 Å². The maximum atomic E-state index is 14.1. The fraction of sp³-hybridized carbons (Fsp3) is 0.333. The Morgan fingerprint density at radius 1 is 1.19 bits per heavy atom. The number of likely N-dealkylation sites (N-methyl/N-ethyl adjacent to an activating group) is 1. The van der Waals surface area contributed by atoms with Crippen LogP contribution in [-0.4, -0.2) is 46.1 Å². The number of anilines is 2. The second-order valence-corrected chi connectivity index (χ2v) is 9.43. The SMILES string of the molecule is C=C(/C=C(\C=C/N)c1nc(N2CCCC(NC)C2)c2c(C3CC3)cncc2n1)Nc1ncc(F)cc1F. The van der Waals surface area contributed by atoms with Gasteiger partial charge in [0.15, 0.2) is 17.5 Å². The van der Waals surface area contributed by atoms with Gasteiger partial charge in [-0.1, -0.05) is 6.58 Å². The smallest absolute Gasteiger partial charge is 0.168 e. The van der Waals surface area contributed by atoms with Gasteiger partial charge in [0, 0.05) is 48.1 Å². The summed E-state index contributed by atoms with van der Waals surface area (Å²) in [6.45, 7) is 5.68. The third-order valence-electron chi connectivity index (χ3n) is 6.71. The number of halogens is 2. The molecule has 0 spiro atoms. The molecule has 0 bridgehead atoms. The first kappa shape index (κ1) is 24.8. The van der Waals surface area contributed by atoms with Gasteiger partial charge in [0.1, 0.15) is 11.6 Å². The summed E-state index contributed by atoms with van der Waals surface area (Å²) >= 11 is 0. The molecule has 1 atom stereocenters. The first-order valence-corrected chi connectivity index (χ1v) is 12.4. The van der Waals surface area contributed by atoms with Crippen LogP contribution in [0.2, 0.25) is 0 Å². The van der Waals surface area contributed by atoms with E-state index in [1.807, 2.05) is 13.2 Å². The van der Waals surface area contributed by atoms with Crippen molar-refractivity contribution >= 4 is 28.1 Å². The topological polar surface area (TPSA) is 105 Å². The van der Waals surface area contributed by atoms with E-state index in [1.54, 1.807) is 18.3 Å². The highest BCUT2D eigenvalue weighted by atomic mass is 19.1. The Morgan fingerprint density at radius 2 is 2.03 bits per heavy atom. The van der Waals surface area contributed by atoms with Gasteiger partial charge in [0.25, 0.3) is 0 Å². The molecule has 5 rings (SSSR count). The van der Waals surface area contributed by atoms with Gasteiger partial charge >= 0.3 is 0 Å². The Hall–Kier alpha value is -3.92. The van der Waals surface area contributed by atoms with E-state index >= 15 is 0 Å². The minimum Gasteiger partial charge on any atom is -0.405 e. The summed E-state index contributed by atoms with van der Waals surface area (Å²) in [5, 5.41) is 7.22. The monoisotopic (exact) mass is 504 g/mol.